The Labute approximate surface area is 124 Å². The van der Waals surface area contributed by atoms with Gasteiger partial charge in [-0.05, 0) is 11.3 Å². The number of alkyl halides is 1. The summed E-state index contributed by atoms with van der Waals surface area (Å²) in [5.41, 5.74) is 0.759. The van der Waals surface area contributed by atoms with Crippen molar-refractivity contribution < 1.29 is 4.79 Å². The van der Waals surface area contributed by atoms with Crippen LogP contribution in [0.15, 0.2) is 35.5 Å². The number of carbonyl (C=O) groups excluding carboxylic acids is 1. The normalized spacial score (nSPS) is 12.1. The summed E-state index contributed by atoms with van der Waals surface area (Å²) in [6, 6.07) is 9.20. The summed E-state index contributed by atoms with van der Waals surface area (Å²) in [6.07, 6.45) is 0. The number of hydrogen-bond donors (Lipinski definition) is 1. The average Bonchev–Trinajstić information content (AvgIpc) is 2.86. The molecule has 2 aromatic rings. The van der Waals surface area contributed by atoms with E-state index in [1.165, 1.54) is 11.8 Å². The number of rotatable bonds is 5. The molecule has 0 aliphatic heterocycles. The molecule has 1 heterocycles. The maximum atomic E-state index is 12.0. The highest BCUT2D eigenvalue weighted by molar-refractivity contribution is 7.99. The van der Waals surface area contributed by atoms with Gasteiger partial charge < -0.3 is 0 Å². The second kappa shape index (κ2) is 6.88. The number of benzene rings is 1. The van der Waals surface area contributed by atoms with Crippen molar-refractivity contribution in [2.45, 2.75) is 17.5 Å². The highest BCUT2D eigenvalue weighted by atomic mass is 35.5. The number of aromatic nitrogens is 2. The molecule has 100 valence electrons. The Bertz CT molecular complexity index is 547. The molecular formula is C12H12ClN3OS2. The zero-order chi connectivity index (χ0) is 13.7. The fourth-order valence-corrected chi connectivity index (χ4v) is 2.86. The van der Waals surface area contributed by atoms with Gasteiger partial charge in [0.2, 0.25) is 16.2 Å². The zero-order valence-electron chi connectivity index (χ0n) is 10.2. The molecule has 0 fully saturated rings. The first-order valence-corrected chi connectivity index (χ1v) is 7.86. The van der Waals surface area contributed by atoms with Crippen LogP contribution in [0.25, 0.3) is 0 Å². The van der Waals surface area contributed by atoms with Gasteiger partial charge in [0.15, 0.2) is 0 Å². The van der Waals surface area contributed by atoms with Crippen LogP contribution in [0.5, 0.6) is 0 Å². The molecule has 7 heteroatoms. The Morgan fingerprint density at radius 2 is 2.21 bits per heavy atom. The summed E-state index contributed by atoms with van der Waals surface area (Å²) in [6.45, 7) is 2.02. The lowest BCUT2D eigenvalue weighted by Crippen LogP contribution is -2.17. The number of nitrogens with zero attached hydrogens (tertiary/aromatic N) is 2. The molecule has 0 radical (unpaired) electrons. The van der Waals surface area contributed by atoms with Crippen molar-refractivity contribution in [1.82, 2.24) is 9.36 Å². The topological polar surface area (TPSA) is 54.9 Å². The van der Waals surface area contributed by atoms with Gasteiger partial charge in [-0.15, -0.1) is 11.6 Å². The quantitative estimate of drug-likeness (QED) is 0.677. The second-order valence-electron chi connectivity index (χ2n) is 3.58. The van der Waals surface area contributed by atoms with Crippen LogP contribution in [0.1, 0.15) is 17.9 Å². The summed E-state index contributed by atoms with van der Waals surface area (Å²) >= 11 is 8.80. The van der Waals surface area contributed by atoms with E-state index in [2.05, 4.69) is 14.7 Å². The lowest BCUT2D eigenvalue weighted by Gasteiger charge is -2.08. The first kappa shape index (κ1) is 14.3. The molecule has 0 saturated carbocycles. The smallest absolute Gasteiger partial charge is 0.248 e. The number of halogens is 1. The molecule has 4 nitrogen and oxygen atoms in total. The third kappa shape index (κ3) is 3.92. The van der Waals surface area contributed by atoms with Crippen LogP contribution in [0.3, 0.4) is 0 Å². The largest absolute Gasteiger partial charge is 0.299 e. The van der Waals surface area contributed by atoms with Crippen molar-refractivity contribution in [2.75, 3.05) is 11.1 Å². The van der Waals surface area contributed by atoms with Gasteiger partial charge in [-0.2, -0.15) is 9.36 Å². The molecule has 2 rings (SSSR count). The van der Waals surface area contributed by atoms with Crippen molar-refractivity contribution in [1.29, 1.82) is 0 Å². The van der Waals surface area contributed by atoms with E-state index in [0.29, 0.717) is 10.3 Å². The van der Waals surface area contributed by atoms with E-state index >= 15 is 0 Å². The van der Waals surface area contributed by atoms with Crippen LogP contribution in [0, 0.1) is 0 Å². The number of nitrogens with one attached hydrogen (secondary N) is 1. The number of amides is 1. The summed E-state index contributed by atoms with van der Waals surface area (Å²) in [5.74, 6) is 0.601. The molecule has 0 saturated heterocycles. The standard InChI is InChI=1S/C12H12ClN3OS2/c1-2-18-12-15-11(19-16-12)14-10(17)9(13)8-6-4-3-5-7-8/h3-7,9H,2H2,1H3,(H,14,15,16,17)/t9-/m0/s1. The minimum Gasteiger partial charge on any atom is -0.299 e. The predicted octanol–water partition coefficient (Wildman–Crippen LogP) is 3.57. The Morgan fingerprint density at radius 3 is 2.89 bits per heavy atom. The number of carbonyl (C=O) groups is 1. The van der Waals surface area contributed by atoms with Crippen molar-refractivity contribution in [3.8, 4) is 0 Å². The van der Waals surface area contributed by atoms with Crippen molar-refractivity contribution in [3.05, 3.63) is 35.9 Å². The van der Waals surface area contributed by atoms with Gasteiger partial charge in [0.25, 0.3) is 0 Å². The van der Waals surface area contributed by atoms with E-state index < -0.39 is 5.38 Å². The van der Waals surface area contributed by atoms with Gasteiger partial charge >= 0.3 is 0 Å². The van der Waals surface area contributed by atoms with Crippen LogP contribution in [-0.4, -0.2) is 21.0 Å². The third-order valence-corrected chi connectivity index (χ3v) is 4.16. The van der Waals surface area contributed by atoms with E-state index in [1.54, 1.807) is 0 Å². The molecule has 1 aromatic carbocycles. The van der Waals surface area contributed by atoms with E-state index in [9.17, 15) is 4.79 Å². The van der Waals surface area contributed by atoms with Crippen LogP contribution in [0.4, 0.5) is 5.13 Å². The van der Waals surface area contributed by atoms with Crippen LogP contribution in [-0.2, 0) is 4.79 Å². The molecule has 1 atom stereocenters. The molecule has 0 spiro atoms. The Kier molecular flexibility index (Phi) is 5.18. The lowest BCUT2D eigenvalue weighted by atomic mass is 10.1. The molecule has 0 bridgehead atoms. The second-order valence-corrected chi connectivity index (χ2v) is 6.00. The zero-order valence-corrected chi connectivity index (χ0v) is 12.6. The molecule has 1 N–H and O–H groups in total. The molecule has 0 aliphatic rings. The monoisotopic (exact) mass is 313 g/mol. The van der Waals surface area contributed by atoms with Crippen molar-refractivity contribution in [2.24, 2.45) is 0 Å². The Morgan fingerprint density at radius 1 is 1.47 bits per heavy atom. The van der Waals surface area contributed by atoms with E-state index in [4.69, 9.17) is 11.6 Å². The molecule has 1 aromatic heterocycles. The molecule has 1 amide bonds. The highest BCUT2D eigenvalue weighted by Gasteiger charge is 2.18. The molecular weight excluding hydrogens is 302 g/mol. The fraction of sp³-hybridized carbons (Fsp3) is 0.250. The van der Waals surface area contributed by atoms with Gasteiger partial charge in [-0.25, -0.2) is 0 Å². The summed E-state index contributed by atoms with van der Waals surface area (Å²) in [7, 11) is 0. The minimum absolute atomic E-state index is 0.294. The van der Waals surface area contributed by atoms with Crippen molar-refractivity contribution in [3.63, 3.8) is 0 Å². The number of thioether (sulfide) groups is 1. The Hall–Kier alpha value is -1.11. The molecule has 19 heavy (non-hydrogen) atoms. The van der Waals surface area contributed by atoms with Gasteiger partial charge in [0, 0.05) is 11.5 Å². The SMILES string of the molecule is CCSc1nsc(NC(=O)[C@@H](Cl)c2ccccc2)n1. The summed E-state index contributed by atoms with van der Waals surface area (Å²) < 4.78 is 4.13. The average molecular weight is 314 g/mol. The van der Waals surface area contributed by atoms with Crippen LogP contribution < -0.4 is 5.32 Å². The molecule has 0 aliphatic carbocycles. The van der Waals surface area contributed by atoms with Crippen LogP contribution in [0.2, 0.25) is 0 Å². The maximum Gasteiger partial charge on any atom is 0.248 e. The van der Waals surface area contributed by atoms with E-state index in [0.717, 1.165) is 22.8 Å². The summed E-state index contributed by atoms with van der Waals surface area (Å²) in [5, 5.41) is 3.10. The Balaban J connectivity index is 2.00. The summed E-state index contributed by atoms with van der Waals surface area (Å²) in [4.78, 5) is 16.2. The van der Waals surface area contributed by atoms with Crippen molar-refractivity contribution >= 4 is 45.9 Å². The van der Waals surface area contributed by atoms with Gasteiger partial charge in [0.1, 0.15) is 5.38 Å². The third-order valence-electron chi connectivity index (χ3n) is 2.23. The van der Waals surface area contributed by atoms with Gasteiger partial charge in [-0.1, -0.05) is 49.0 Å². The van der Waals surface area contributed by atoms with E-state index in [-0.39, 0.29) is 5.91 Å². The molecule has 0 unspecified atom stereocenters. The first-order chi connectivity index (χ1) is 9.20. The number of anilines is 1. The number of hydrogen-bond acceptors (Lipinski definition) is 5. The lowest BCUT2D eigenvalue weighted by molar-refractivity contribution is -0.116. The van der Waals surface area contributed by atoms with Gasteiger partial charge in [-0.3, -0.25) is 10.1 Å². The fourth-order valence-electron chi connectivity index (χ4n) is 1.39. The predicted molar refractivity (Wildman–Crippen MR) is 80.0 cm³/mol. The minimum atomic E-state index is -0.729. The first-order valence-electron chi connectivity index (χ1n) is 5.67. The van der Waals surface area contributed by atoms with Crippen LogP contribution >= 0.6 is 34.9 Å². The maximum absolute atomic E-state index is 12.0. The van der Waals surface area contributed by atoms with Gasteiger partial charge in [0.05, 0.1) is 0 Å². The highest BCUT2D eigenvalue weighted by Crippen LogP contribution is 2.24. The van der Waals surface area contributed by atoms with E-state index in [1.807, 2.05) is 37.3 Å².